The van der Waals surface area contributed by atoms with E-state index in [4.69, 9.17) is 16.7 Å². The molecule has 0 fully saturated rings. The lowest BCUT2D eigenvalue weighted by atomic mass is 10.0. The summed E-state index contributed by atoms with van der Waals surface area (Å²) in [6.45, 7) is 1.62. The third-order valence-electron chi connectivity index (χ3n) is 2.35. The van der Waals surface area contributed by atoms with Crippen LogP contribution in [0.5, 0.6) is 0 Å². The summed E-state index contributed by atoms with van der Waals surface area (Å²) in [6.07, 6.45) is 0. The van der Waals surface area contributed by atoms with Gasteiger partial charge in [-0.3, -0.25) is 4.79 Å². The molecule has 2 rings (SSSR count). The highest BCUT2D eigenvalue weighted by Gasteiger charge is 2.17. The van der Waals surface area contributed by atoms with Crippen molar-refractivity contribution in [1.29, 1.82) is 0 Å². The molecule has 0 bridgehead atoms. The van der Waals surface area contributed by atoms with E-state index in [0.29, 0.717) is 11.1 Å². The second-order valence-electron chi connectivity index (χ2n) is 3.33. The molecule has 0 spiro atoms. The van der Waals surface area contributed by atoms with Gasteiger partial charge in [0.15, 0.2) is 0 Å². The molecule has 0 aliphatic carbocycles. The number of halogens is 1. The predicted molar refractivity (Wildman–Crippen MR) is 57.2 cm³/mol. The van der Waals surface area contributed by atoms with Crippen LogP contribution in [0, 0.1) is 0 Å². The maximum atomic E-state index is 10.9. The Kier molecular flexibility index (Phi) is 2.36. The van der Waals surface area contributed by atoms with E-state index in [0.717, 1.165) is 5.52 Å². The monoisotopic (exact) mass is 224 g/mol. The van der Waals surface area contributed by atoms with Gasteiger partial charge in [0.1, 0.15) is 0 Å². The number of aliphatic carboxylic acids is 1. The van der Waals surface area contributed by atoms with Crippen LogP contribution in [-0.2, 0) is 4.79 Å². The average Bonchev–Trinajstić information content (AvgIpc) is 2.56. The fourth-order valence-corrected chi connectivity index (χ4v) is 1.69. The number of carboxylic acid groups (broad SMARTS) is 1. The topological polar surface area (TPSA) is 66.0 Å². The fourth-order valence-electron chi connectivity index (χ4n) is 1.51. The van der Waals surface area contributed by atoms with Gasteiger partial charge >= 0.3 is 5.97 Å². The molecule has 1 unspecified atom stereocenters. The summed E-state index contributed by atoms with van der Waals surface area (Å²) in [5.41, 5.74) is 2.05. The number of para-hydroxylation sites is 1. The second-order valence-corrected chi connectivity index (χ2v) is 3.69. The lowest BCUT2D eigenvalue weighted by molar-refractivity contribution is -0.138. The minimum atomic E-state index is -0.873. The summed E-state index contributed by atoms with van der Waals surface area (Å²) >= 11 is 5.73. The van der Waals surface area contributed by atoms with Crippen molar-refractivity contribution < 1.29 is 9.90 Å². The van der Waals surface area contributed by atoms with Crippen molar-refractivity contribution in [2.45, 2.75) is 12.8 Å². The number of H-pyrrole nitrogens is 1. The van der Waals surface area contributed by atoms with Gasteiger partial charge in [0.25, 0.3) is 0 Å². The first-order valence-electron chi connectivity index (χ1n) is 4.46. The molecule has 1 atom stereocenters. The predicted octanol–water partition coefficient (Wildman–Crippen LogP) is 2.40. The molecule has 15 heavy (non-hydrogen) atoms. The van der Waals surface area contributed by atoms with E-state index in [1.54, 1.807) is 19.1 Å². The molecular weight excluding hydrogens is 216 g/mol. The molecule has 2 aromatic rings. The van der Waals surface area contributed by atoms with E-state index in [-0.39, 0.29) is 5.28 Å². The van der Waals surface area contributed by atoms with Gasteiger partial charge in [0.2, 0.25) is 5.28 Å². The van der Waals surface area contributed by atoms with Gasteiger partial charge in [-0.05, 0) is 30.2 Å². The molecule has 2 N–H and O–H groups in total. The Labute approximate surface area is 90.9 Å². The molecule has 1 heterocycles. The third kappa shape index (κ3) is 1.68. The number of nitrogens with one attached hydrogen (secondary N) is 1. The van der Waals surface area contributed by atoms with Crippen LogP contribution < -0.4 is 0 Å². The Balaban J connectivity index is 2.64. The van der Waals surface area contributed by atoms with Gasteiger partial charge in [-0.25, -0.2) is 4.98 Å². The number of carbonyl (C=O) groups is 1. The van der Waals surface area contributed by atoms with Crippen molar-refractivity contribution >= 4 is 28.6 Å². The van der Waals surface area contributed by atoms with Gasteiger partial charge in [0.05, 0.1) is 17.0 Å². The molecule has 4 nitrogen and oxygen atoms in total. The van der Waals surface area contributed by atoms with Crippen LogP contribution in [0.25, 0.3) is 11.0 Å². The zero-order valence-corrected chi connectivity index (χ0v) is 8.75. The number of fused-ring (bicyclic) bond motifs is 1. The van der Waals surface area contributed by atoms with Crippen molar-refractivity contribution in [1.82, 2.24) is 9.97 Å². The van der Waals surface area contributed by atoms with Crippen LogP contribution >= 0.6 is 11.6 Å². The molecule has 1 aromatic heterocycles. The van der Waals surface area contributed by atoms with Crippen molar-refractivity contribution in [3.05, 3.63) is 29.0 Å². The van der Waals surface area contributed by atoms with Gasteiger partial charge < -0.3 is 10.1 Å². The highest BCUT2D eigenvalue weighted by molar-refractivity contribution is 6.29. The first kappa shape index (κ1) is 9.98. The van der Waals surface area contributed by atoms with E-state index in [1.807, 2.05) is 6.07 Å². The standard InChI is InChI=1S/C10H9ClN2O2/c1-5(9(14)15)6-3-2-4-7-8(6)13-10(11)12-7/h2-5H,1H3,(H,12,13)(H,14,15). The number of aromatic nitrogens is 2. The lowest BCUT2D eigenvalue weighted by Crippen LogP contribution is -2.07. The Hall–Kier alpha value is -1.55. The van der Waals surface area contributed by atoms with Crippen molar-refractivity contribution in [3.8, 4) is 0 Å². The van der Waals surface area contributed by atoms with Crippen molar-refractivity contribution in [2.24, 2.45) is 0 Å². The first-order valence-corrected chi connectivity index (χ1v) is 4.84. The SMILES string of the molecule is CC(C(=O)O)c1cccc2[nH]c(Cl)nc12. The molecule has 1 aromatic carbocycles. The summed E-state index contributed by atoms with van der Waals surface area (Å²) in [6, 6.07) is 5.34. The summed E-state index contributed by atoms with van der Waals surface area (Å²) in [5, 5.41) is 9.20. The zero-order valence-electron chi connectivity index (χ0n) is 7.99. The van der Waals surface area contributed by atoms with Gasteiger partial charge in [-0.2, -0.15) is 0 Å². The van der Waals surface area contributed by atoms with Crippen LogP contribution in [0.1, 0.15) is 18.4 Å². The van der Waals surface area contributed by atoms with Crippen LogP contribution in [0.4, 0.5) is 0 Å². The Morgan fingerprint density at radius 3 is 3.00 bits per heavy atom. The van der Waals surface area contributed by atoms with Crippen molar-refractivity contribution in [3.63, 3.8) is 0 Å². The number of hydrogen-bond acceptors (Lipinski definition) is 2. The van der Waals surface area contributed by atoms with Crippen LogP contribution in [0.15, 0.2) is 18.2 Å². The van der Waals surface area contributed by atoms with E-state index in [2.05, 4.69) is 9.97 Å². The molecule has 5 heteroatoms. The van der Waals surface area contributed by atoms with Gasteiger partial charge in [-0.1, -0.05) is 12.1 Å². The Morgan fingerprint density at radius 2 is 2.33 bits per heavy atom. The minimum Gasteiger partial charge on any atom is -0.481 e. The van der Waals surface area contributed by atoms with Crippen molar-refractivity contribution in [2.75, 3.05) is 0 Å². The molecule has 0 radical (unpaired) electrons. The third-order valence-corrected chi connectivity index (χ3v) is 2.53. The molecule has 0 amide bonds. The average molecular weight is 225 g/mol. The maximum absolute atomic E-state index is 10.9. The number of benzene rings is 1. The number of nitrogens with zero attached hydrogens (tertiary/aromatic N) is 1. The summed E-state index contributed by atoms with van der Waals surface area (Å²) in [5.74, 6) is -1.46. The van der Waals surface area contributed by atoms with E-state index < -0.39 is 11.9 Å². The molecular formula is C10H9ClN2O2. The number of imidazole rings is 1. The fraction of sp³-hybridized carbons (Fsp3) is 0.200. The first-order chi connectivity index (χ1) is 7.09. The molecule has 0 saturated carbocycles. The second kappa shape index (κ2) is 3.55. The normalized spacial score (nSPS) is 12.9. The smallest absolute Gasteiger partial charge is 0.310 e. The zero-order chi connectivity index (χ0) is 11.0. The number of carboxylic acids is 1. The molecule has 0 saturated heterocycles. The highest BCUT2D eigenvalue weighted by Crippen LogP contribution is 2.25. The number of hydrogen-bond donors (Lipinski definition) is 2. The van der Waals surface area contributed by atoms with Crippen LogP contribution in [-0.4, -0.2) is 21.0 Å². The highest BCUT2D eigenvalue weighted by atomic mass is 35.5. The van der Waals surface area contributed by atoms with E-state index in [1.165, 1.54) is 0 Å². The van der Waals surface area contributed by atoms with Gasteiger partial charge in [0, 0.05) is 0 Å². The number of aromatic amines is 1. The molecule has 78 valence electrons. The largest absolute Gasteiger partial charge is 0.481 e. The van der Waals surface area contributed by atoms with Gasteiger partial charge in [-0.15, -0.1) is 0 Å². The van der Waals surface area contributed by atoms with E-state index >= 15 is 0 Å². The van der Waals surface area contributed by atoms with Crippen LogP contribution in [0.3, 0.4) is 0 Å². The summed E-state index contributed by atoms with van der Waals surface area (Å²) < 4.78 is 0. The van der Waals surface area contributed by atoms with Crippen LogP contribution in [0.2, 0.25) is 5.28 Å². The number of rotatable bonds is 2. The molecule has 0 aliphatic heterocycles. The minimum absolute atomic E-state index is 0.273. The Bertz CT molecular complexity index is 521. The van der Waals surface area contributed by atoms with E-state index in [9.17, 15) is 4.79 Å². The lowest BCUT2D eigenvalue weighted by Gasteiger charge is -2.06. The summed E-state index contributed by atoms with van der Waals surface area (Å²) in [4.78, 5) is 17.8. The maximum Gasteiger partial charge on any atom is 0.310 e. The quantitative estimate of drug-likeness (QED) is 0.823. The molecule has 0 aliphatic rings. The Morgan fingerprint density at radius 1 is 1.60 bits per heavy atom. The summed E-state index contributed by atoms with van der Waals surface area (Å²) in [7, 11) is 0.